The van der Waals surface area contributed by atoms with Gasteiger partial charge in [-0.05, 0) is 27.7 Å². The van der Waals surface area contributed by atoms with E-state index in [-0.39, 0.29) is 6.10 Å². The van der Waals surface area contributed by atoms with Gasteiger partial charge in [0, 0.05) is 13.1 Å². The molecule has 4 nitrogen and oxygen atoms in total. The molecule has 1 atom stereocenters. The molecule has 0 spiro atoms. The van der Waals surface area contributed by atoms with E-state index in [1.165, 1.54) is 5.57 Å². The molecular weight excluding hydrogens is 218 g/mol. The van der Waals surface area contributed by atoms with Crippen LogP contribution in [0.1, 0.15) is 27.7 Å². The van der Waals surface area contributed by atoms with E-state index in [0.29, 0.717) is 26.4 Å². The summed E-state index contributed by atoms with van der Waals surface area (Å²) in [6.45, 7) is 10.9. The molecule has 4 heteroatoms. The Bertz CT molecular complexity index is 201. The number of hydrogen-bond donors (Lipinski definition) is 2. The Morgan fingerprint density at radius 1 is 1.29 bits per heavy atom. The van der Waals surface area contributed by atoms with Gasteiger partial charge in [0.25, 0.3) is 0 Å². The minimum Gasteiger partial charge on any atom is -0.389 e. The first-order valence-electron chi connectivity index (χ1n) is 6.24. The molecule has 0 saturated heterocycles. The summed E-state index contributed by atoms with van der Waals surface area (Å²) in [6.07, 6.45) is 1.86. The topological polar surface area (TPSA) is 50.7 Å². The van der Waals surface area contributed by atoms with E-state index in [9.17, 15) is 5.11 Å². The van der Waals surface area contributed by atoms with E-state index >= 15 is 0 Å². The third-order valence-electron chi connectivity index (χ3n) is 2.02. The Hall–Kier alpha value is -0.420. The molecule has 2 N–H and O–H groups in total. The first-order chi connectivity index (χ1) is 8.02. The standard InChI is InChI=1S/C13H27NO3/c1-11(2)5-6-14-9-13(15)10-16-7-8-17-12(3)4/h5,12-15H,6-10H2,1-4H3. The van der Waals surface area contributed by atoms with E-state index in [0.717, 1.165) is 6.54 Å². The number of rotatable bonds is 10. The second-order valence-electron chi connectivity index (χ2n) is 4.59. The summed E-state index contributed by atoms with van der Waals surface area (Å²) in [5.74, 6) is 0. The second-order valence-corrected chi connectivity index (χ2v) is 4.59. The molecule has 0 aliphatic carbocycles. The molecular formula is C13H27NO3. The molecule has 0 bridgehead atoms. The lowest BCUT2D eigenvalue weighted by molar-refractivity contribution is -0.00976. The summed E-state index contributed by atoms with van der Waals surface area (Å²) in [5.41, 5.74) is 1.27. The molecule has 0 fully saturated rings. The molecule has 0 aromatic carbocycles. The summed E-state index contributed by atoms with van der Waals surface area (Å²) in [6, 6.07) is 0. The van der Waals surface area contributed by atoms with Crippen molar-refractivity contribution in [2.45, 2.75) is 39.9 Å². The van der Waals surface area contributed by atoms with Crippen molar-refractivity contribution in [3.8, 4) is 0 Å². The van der Waals surface area contributed by atoms with Crippen molar-refractivity contribution in [2.24, 2.45) is 0 Å². The lowest BCUT2D eigenvalue weighted by atomic mass is 10.3. The van der Waals surface area contributed by atoms with Gasteiger partial charge in [-0.3, -0.25) is 0 Å². The normalized spacial score (nSPS) is 12.8. The van der Waals surface area contributed by atoms with Crippen LogP contribution in [0.4, 0.5) is 0 Å². The lowest BCUT2D eigenvalue weighted by Gasteiger charge is -2.12. The van der Waals surface area contributed by atoms with Gasteiger partial charge < -0.3 is 19.9 Å². The largest absolute Gasteiger partial charge is 0.389 e. The lowest BCUT2D eigenvalue weighted by Crippen LogP contribution is -2.31. The number of hydrogen-bond acceptors (Lipinski definition) is 4. The van der Waals surface area contributed by atoms with Gasteiger partial charge in [-0.25, -0.2) is 0 Å². The smallest absolute Gasteiger partial charge is 0.0897 e. The maximum atomic E-state index is 9.57. The van der Waals surface area contributed by atoms with Crippen LogP contribution in [0.2, 0.25) is 0 Å². The molecule has 0 aliphatic rings. The SMILES string of the molecule is CC(C)=CCNCC(O)COCCOC(C)C. The van der Waals surface area contributed by atoms with Gasteiger partial charge in [-0.1, -0.05) is 11.6 Å². The minimum absolute atomic E-state index is 0.231. The van der Waals surface area contributed by atoms with Crippen molar-refractivity contribution in [3.63, 3.8) is 0 Å². The maximum absolute atomic E-state index is 9.57. The predicted molar refractivity (Wildman–Crippen MR) is 70.2 cm³/mol. The van der Waals surface area contributed by atoms with Gasteiger partial charge in [-0.15, -0.1) is 0 Å². The van der Waals surface area contributed by atoms with Crippen molar-refractivity contribution >= 4 is 0 Å². The van der Waals surface area contributed by atoms with Crippen LogP contribution >= 0.6 is 0 Å². The zero-order chi connectivity index (χ0) is 13.1. The van der Waals surface area contributed by atoms with Gasteiger partial charge >= 0.3 is 0 Å². The zero-order valence-electron chi connectivity index (χ0n) is 11.5. The molecule has 0 aliphatic heterocycles. The van der Waals surface area contributed by atoms with Crippen LogP contribution in [0.3, 0.4) is 0 Å². The maximum Gasteiger partial charge on any atom is 0.0897 e. The molecule has 0 amide bonds. The average molecular weight is 245 g/mol. The summed E-state index contributed by atoms with van der Waals surface area (Å²) in [7, 11) is 0. The fraction of sp³-hybridized carbons (Fsp3) is 0.846. The van der Waals surface area contributed by atoms with Crippen LogP contribution in [0, 0.1) is 0 Å². The Balaban J connectivity index is 3.29. The molecule has 102 valence electrons. The number of nitrogens with one attached hydrogen (secondary N) is 1. The van der Waals surface area contributed by atoms with E-state index < -0.39 is 6.10 Å². The quantitative estimate of drug-likeness (QED) is 0.450. The third-order valence-corrected chi connectivity index (χ3v) is 2.02. The van der Waals surface area contributed by atoms with Crippen molar-refractivity contribution in [1.82, 2.24) is 5.32 Å². The van der Waals surface area contributed by atoms with Gasteiger partial charge in [0.1, 0.15) is 0 Å². The molecule has 0 radical (unpaired) electrons. The fourth-order valence-corrected chi connectivity index (χ4v) is 1.15. The molecule has 1 unspecified atom stereocenters. The highest BCUT2D eigenvalue weighted by atomic mass is 16.5. The highest BCUT2D eigenvalue weighted by molar-refractivity contribution is 4.94. The summed E-state index contributed by atoms with van der Waals surface area (Å²) >= 11 is 0. The van der Waals surface area contributed by atoms with Crippen molar-refractivity contribution in [2.75, 3.05) is 32.9 Å². The van der Waals surface area contributed by atoms with E-state index in [1.54, 1.807) is 0 Å². The first-order valence-corrected chi connectivity index (χ1v) is 6.24. The molecule has 0 rings (SSSR count). The number of aliphatic hydroxyl groups excluding tert-OH is 1. The minimum atomic E-state index is -0.459. The molecule has 0 aromatic rings. The molecule has 0 heterocycles. The summed E-state index contributed by atoms with van der Waals surface area (Å²) in [4.78, 5) is 0. The average Bonchev–Trinajstić information content (AvgIpc) is 2.23. The number of aliphatic hydroxyl groups is 1. The van der Waals surface area contributed by atoms with Crippen LogP contribution in [0.25, 0.3) is 0 Å². The third kappa shape index (κ3) is 13.5. The van der Waals surface area contributed by atoms with Crippen molar-refractivity contribution < 1.29 is 14.6 Å². The monoisotopic (exact) mass is 245 g/mol. The summed E-state index contributed by atoms with van der Waals surface area (Å²) in [5, 5.41) is 12.7. The highest BCUT2D eigenvalue weighted by Gasteiger charge is 2.02. The summed E-state index contributed by atoms with van der Waals surface area (Å²) < 4.78 is 10.6. The van der Waals surface area contributed by atoms with Crippen molar-refractivity contribution in [3.05, 3.63) is 11.6 Å². The van der Waals surface area contributed by atoms with Crippen LogP contribution < -0.4 is 5.32 Å². The van der Waals surface area contributed by atoms with Crippen LogP contribution in [-0.4, -0.2) is 50.2 Å². The fourth-order valence-electron chi connectivity index (χ4n) is 1.15. The Labute approximate surface area is 105 Å². The van der Waals surface area contributed by atoms with Crippen LogP contribution in [-0.2, 0) is 9.47 Å². The van der Waals surface area contributed by atoms with Gasteiger partial charge in [0.15, 0.2) is 0 Å². The second kappa shape index (κ2) is 10.7. The molecule has 0 aromatic heterocycles. The van der Waals surface area contributed by atoms with Crippen LogP contribution in [0.5, 0.6) is 0 Å². The Morgan fingerprint density at radius 2 is 2.00 bits per heavy atom. The van der Waals surface area contributed by atoms with Crippen molar-refractivity contribution in [1.29, 1.82) is 0 Å². The molecule has 0 saturated carbocycles. The number of ether oxygens (including phenoxy) is 2. The Morgan fingerprint density at radius 3 is 2.59 bits per heavy atom. The first kappa shape index (κ1) is 16.6. The predicted octanol–water partition coefficient (Wildman–Crippen LogP) is 1.34. The van der Waals surface area contributed by atoms with Gasteiger partial charge in [0.05, 0.1) is 32.0 Å². The van der Waals surface area contributed by atoms with Gasteiger partial charge in [-0.2, -0.15) is 0 Å². The number of allylic oxidation sites excluding steroid dienone is 1. The highest BCUT2D eigenvalue weighted by Crippen LogP contribution is 1.90. The molecule has 17 heavy (non-hydrogen) atoms. The van der Waals surface area contributed by atoms with Crippen LogP contribution in [0.15, 0.2) is 11.6 Å². The van der Waals surface area contributed by atoms with Gasteiger partial charge in [0.2, 0.25) is 0 Å². The van der Waals surface area contributed by atoms with E-state index in [1.807, 2.05) is 13.8 Å². The zero-order valence-corrected chi connectivity index (χ0v) is 11.5. The van der Waals surface area contributed by atoms with E-state index in [4.69, 9.17) is 9.47 Å². The van der Waals surface area contributed by atoms with E-state index in [2.05, 4.69) is 25.2 Å². The Kier molecular flexibility index (Phi) is 10.5.